The summed E-state index contributed by atoms with van der Waals surface area (Å²) in [5.41, 5.74) is 0. The Balaban J connectivity index is 1.80. The highest BCUT2D eigenvalue weighted by molar-refractivity contribution is 7.80. The smallest absolute Gasteiger partial charge is 0.325 e. The van der Waals surface area contributed by atoms with Crippen LogP contribution < -0.4 is 5.32 Å². The van der Waals surface area contributed by atoms with Crippen molar-refractivity contribution in [1.29, 1.82) is 0 Å². The topological polar surface area (TPSA) is 62.6 Å². The number of esters is 1. The van der Waals surface area contributed by atoms with Crippen LogP contribution in [-0.2, 0) is 23.1 Å². The number of carbonyl (C=O) groups excluding carboxylic acids is 1. The summed E-state index contributed by atoms with van der Waals surface area (Å²) in [5.74, 6) is 0.758. The van der Waals surface area contributed by atoms with Crippen molar-refractivity contribution in [3.8, 4) is 0 Å². The number of ether oxygens (including phenoxy) is 1. The van der Waals surface area contributed by atoms with Gasteiger partial charge >= 0.3 is 5.97 Å². The molecule has 22 heavy (non-hydrogen) atoms. The van der Waals surface area contributed by atoms with Crippen LogP contribution in [0.25, 0.3) is 0 Å². The molecule has 7 nitrogen and oxygen atoms in total. The molecule has 1 saturated heterocycles. The first-order chi connectivity index (χ1) is 10.6. The normalized spacial score (nSPS) is 16.2. The molecule has 0 saturated carbocycles. The average Bonchev–Trinajstić information content (AvgIpc) is 2.77. The average molecular weight is 325 g/mol. The summed E-state index contributed by atoms with van der Waals surface area (Å²) in [7, 11) is 3.38. The van der Waals surface area contributed by atoms with E-state index in [1.807, 2.05) is 24.0 Å². The van der Waals surface area contributed by atoms with E-state index in [0.717, 1.165) is 45.0 Å². The standard InChI is InChI=1S/C14H23N5O2S/c1-17-7-4-15-12(17)11-18-5-3-6-19(9-8-18)14(22)16-10-13(20)21-2/h4,7H,3,5-6,8-11H2,1-2H3,(H,16,22). The van der Waals surface area contributed by atoms with Gasteiger partial charge in [0.05, 0.1) is 13.7 Å². The Morgan fingerprint density at radius 1 is 1.41 bits per heavy atom. The summed E-state index contributed by atoms with van der Waals surface area (Å²) >= 11 is 5.35. The van der Waals surface area contributed by atoms with E-state index in [4.69, 9.17) is 12.2 Å². The molecule has 0 amide bonds. The van der Waals surface area contributed by atoms with Gasteiger partial charge in [-0.15, -0.1) is 0 Å². The van der Waals surface area contributed by atoms with Gasteiger partial charge in [0.1, 0.15) is 12.4 Å². The molecule has 0 atom stereocenters. The number of imidazole rings is 1. The maximum atomic E-state index is 11.1. The quantitative estimate of drug-likeness (QED) is 0.616. The summed E-state index contributed by atoms with van der Waals surface area (Å²) in [6.07, 6.45) is 4.82. The molecule has 0 radical (unpaired) electrons. The first kappa shape index (κ1) is 16.7. The molecular weight excluding hydrogens is 302 g/mol. The number of aromatic nitrogens is 2. The Bertz CT molecular complexity index is 519. The van der Waals surface area contributed by atoms with Gasteiger partial charge in [-0.05, 0) is 18.6 Å². The number of nitrogens with zero attached hydrogens (tertiary/aromatic N) is 4. The zero-order chi connectivity index (χ0) is 15.9. The number of nitrogens with one attached hydrogen (secondary N) is 1. The molecule has 1 N–H and O–H groups in total. The van der Waals surface area contributed by atoms with E-state index in [0.29, 0.717) is 5.11 Å². The van der Waals surface area contributed by atoms with Crippen molar-refractivity contribution in [3.63, 3.8) is 0 Å². The molecular formula is C14H23N5O2S. The van der Waals surface area contributed by atoms with E-state index in [1.54, 1.807) is 0 Å². The minimum Gasteiger partial charge on any atom is -0.468 e. The number of carbonyl (C=O) groups is 1. The van der Waals surface area contributed by atoms with E-state index in [1.165, 1.54) is 7.11 Å². The Morgan fingerprint density at radius 3 is 2.91 bits per heavy atom. The number of hydrogen-bond donors (Lipinski definition) is 1. The van der Waals surface area contributed by atoms with E-state index in [9.17, 15) is 4.79 Å². The van der Waals surface area contributed by atoms with Crippen LogP contribution in [0, 0.1) is 0 Å². The van der Waals surface area contributed by atoms with Crippen LogP contribution in [0.2, 0.25) is 0 Å². The highest BCUT2D eigenvalue weighted by Crippen LogP contribution is 2.07. The molecule has 0 aromatic carbocycles. The highest BCUT2D eigenvalue weighted by Gasteiger charge is 2.18. The van der Waals surface area contributed by atoms with Gasteiger partial charge in [-0.3, -0.25) is 9.69 Å². The molecule has 2 rings (SSSR count). The van der Waals surface area contributed by atoms with Gasteiger partial charge in [-0.25, -0.2) is 4.98 Å². The third kappa shape index (κ3) is 4.67. The lowest BCUT2D eigenvalue weighted by Crippen LogP contribution is -2.43. The highest BCUT2D eigenvalue weighted by atomic mass is 32.1. The second-order valence-corrected chi connectivity index (χ2v) is 5.69. The fourth-order valence-corrected chi connectivity index (χ4v) is 2.67. The van der Waals surface area contributed by atoms with Crippen molar-refractivity contribution in [2.24, 2.45) is 7.05 Å². The number of methoxy groups -OCH3 is 1. The van der Waals surface area contributed by atoms with Crippen LogP contribution in [-0.4, -0.2) is 70.3 Å². The van der Waals surface area contributed by atoms with E-state index in [-0.39, 0.29) is 12.5 Å². The van der Waals surface area contributed by atoms with Crippen molar-refractivity contribution in [2.45, 2.75) is 13.0 Å². The van der Waals surface area contributed by atoms with Crippen LogP contribution >= 0.6 is 12.2 Å². The molecule has 1 fully saturated rings. The molecule has 1 aliphatic heterocycles. The number of aryl methyl sites for hydroxylation is 1. The SMILES string of the molecule is COC(=O)CNC(=S)N1CCCN(Cc2nccn2C)CC1. The van der Waals surface area contributed by atoms with E-state index >= 15 is 0 Å². The molecule has 0 spiro atoms. The second kappa shape index (κ2) is 8.09. The fourth-order valence-electron chi connectivity index (χ4n) is 2.41. The van der Waals surface area contributed by atoms with Crippen LogP contribution in [0.3, 0.4) is 0 Å². The number of thiocarbonyl (C=S) groups is 1. The zero-order valence-corrected chi connectivity index (χ0v) is 13.9. The van der Waals surface area contributed by atoms with Crippen molar-refractivity contribution in [3.05, 3.63) is 18.2 Å². The third-order valence-electron chi connectivity index (χ3n) is 3.77. The summed E-state index contributed by atoms with van der Waals surface area (Å²) in [5, 5.41) is 3.56. The van der Waals surface area contributed by atoms with Crippen molar-refractivity contribution in [2.75, 3.05) is 39.8 Å². The van der Waals surface area contributed by atoms with Gasteiger partial charge < -0.3 is 19.5 Å². The molecule has 0 unspecified atom stereocenters. The number of hydrogen-bond acceptors (Lipinski definition) is 5. The second-order valence-electron chi connectivity index (χ2n) is 5.31. The predicted octanol–water partition coefficient (Wildman–Crippen LogP) is -0.0247. The molecule has 0 bridgehead atoms. The maximum Gasteiger partial charge on any atom is 0.325 e. The summed E-state index contributed by atoms with van der Waals surface area (Å²) in [6.45, 7) is 4.64. The molecule has 1 aromatic heterocycles. The summed E-state index contributed by atoms with van der Waals surface area (Å²) < 4.78 is 6.65. The summed E-state index contributed by atoms with van der Waals surface area (Å²) in [6, 6.07) is 0. The third-order valence-corrected chi connectivity index (χ3v) is 4.18. The lowest BCUT2D eigenvalue weighted by atomic mass is 10.4. The van der Waals surface area contributed by atoms with E-state index in [2.05, 4.69) is 24.8 Å². The van der Waals surface area contributed by atoms with Crippen LogP contribution in [0.1, 0.15) is 12.2 Å². The Kier molecular flexibility index (Phi) is 6.14. The van der Waals surface area contributed by atoms with Crippen molar-refractivity contribution in [1.82, 2.24) is 24.7 Å². The maximum absolute atomic E-state index is 11.1. The van der Waals surface area contributed by atoms with Crippen molar-refractivity contribution < 1.29 is 9.53 Å². The molecule has 0 aliphatic carbocycles. The van der Waals surface area contributed by atoms with Crippen LogP contribution in [0.5, 0.6) is 0 Å². The van der Waals surface area contributed by atoms with Gasteiger partial charge in [0.15, 0.2) is 5.11 Å². The van der Waals surface area contributed by atoms with Gasteiger partial charge in [-0.2, -0.15) is 0 Å². The van der Waals surface area contributed by atoms with Gasteiger partial charge in [0.2, 0.25) is 0 Å². The zero-order valence-electron chi connectivity index (χ0n) is 13.1. The Morgan fingerprint density at radius 2 is 2.23 bits per heavy atom. The lowest BCUT2D eigenvalue weighted by Gasteiger charge is -2.24. The lowest BCUT2D eigenvalue weighted by molar-refractivity contribution is -0.139. The predicted molar refractivity (Wildman–Crippen MR) is 87.3 cm³/mol. The molecule has 122 valence electrons. The monoisotopic (exact) mass is 325 g/mol. The van der Waals surface area contributed by atoms with Crippen molar-refractivity contribution >= 4 is 23.3 Å². The van der Waals surface area contributed by atoms with Crippen LogP contribution in [0.15, 0.2) is 12.4 Å². The largest absolute Gasteiger partial charge is 0.468 e. The molecule has 1 aliphatic rings. The molecule has 8 heteroatoms. The summed E-state index contributed by atoms with van der Waals surface area (Å²) in [4.78, 5) is 20.0. The molecule has 1 aromatic rings. The van der Waals surface area contributed by atoms with Crippen LogP contribution in [0.4, 0.5) is 0 Å². The molecule has 2 heterocycles. The Labute approximate surface area is 136 Å². The van der Waals surface area contributed by atoms with E-state index < -0.39 is 0 Å². The minimum atomic E-state index is -0.311. The number of rotatable bonds is 4. The van der Waals surface area contributed by atoms with Gasteiger partial charge in [-0.1, -0.05) is 0 Å². The Hall–Kier alpha value is -1.67. The van der Waals surface area contributed by atoms with Gasteiger partial charge in [0.25, 0.3) is 0 Å². The first-order valence-electron chi connectivity index (χ1n) is 7.38. The fraction of sp³-hybridized carbons (Fsp3) is 0.643. The van der Waals surface area contributed by atoms with Gasteiger partial charge in [0, 0.05) is 45.6 Å². The minimum absolute atomic E-state index is 0.114. The first-order valence-corrected chi connectivity index (χ1v) is 7.79.